The van der Waals surface area contributed by atoms with Crippen LogP contribution in [-0.4, -0.2) is 25.5 Å². The van der Waals surface area contributed by atoms with Gasteiger partial charge in [0, 0.05) is 12.7 Å². The van der Waals surface area contributed by atoms with Crippen molar-refractivity contribution in [1.29, 1.82) is 0 Å². The van der Waals surface area contributed by atoms with Crippen LogP contribution in [0.25, 0.3) is 0 Å². The molecule has 0 unspecified atom stereocenters. The first-order valence-electron chi connectivity index (χ1n) is 6.17. The van der Waals surface area contributed by atoms with Crippen LogP contribution in [0.1, 0.15) is 18.3 Å². The lowest BCUT2D eigenvalue weighted by Crippen LogP contribution is -2.28. The van der Waals surface area contributed by atoms with Crippen LogP contribution < -0.4 is 5.32 Å². The Bertz CT molecular complexity index is 600. The molecule has 0 atom stereocenters. The normalized spacial score (nSPS) is 10.8. The van der Waals surface area contributed by atoms with Crippen LogP contribution in [0.4, 0.5) is 0 Å². The summed E-state index contributed by atoms with van der Waals surface area (Å²) >= 11 is 11.9. The summed E-state index contributed by atoms with van der Waals surface area (Å²) < 4.78 is 3.25. The zero-order chi connectivity index (χ0) is 14.7. The second-order valence-corrected chi connectivity index (χ2v) is 5.11. The molecule has 2 rings (SSSR count). The van der Waals surface area contributed by atoms with Crippen LogP contribution in [0, 0.1) is 6.92 Å². The topological polar surface area (TPSA) is 64.7 Å². The Morgan fingerprint density at radius 2 is 2.15 bits per heavy atom. The van der Waals surface area contributed by atoms with Gasteiger partial charge in [-0.25, -0.2) is 0 Å². The molecule has 0 radical (unpaired) electrons. The number of carbonyl (C=O) groups excluding carboxylic acids is 1. The Morgan fingerprint density at radius 1 is 1.40 bits per heavy atom. The minimum atomic E-state index is -0.163. The predicted octanol–water partition coefficient (Wildman–Crippen LogP) is 2.03. The average Bonchev–Trinajstić information content (AvgIpc) is 2.90. The molecular weight excluding hydrogens is 301 g/mol. The smallest absolute Gasteiger partial charge is 0.242 e. The summed E-state index contributed by atoms with van der Waals surface area (Å²) in [5, 5.41) is 12.1. The number of hydrogen-bond donors (Lipinski definition) is 1. The molecule has 0 fully saturated rings. The predicted molar refractivity (Wildman–Crippen MR) is 76.7 cm³/mol. The van der Waals surface area contributed by atoms with Crippen molar-refractivity contribution >= 4 is 29.1 Å². The molecule has 0 aliphatic carbocycles. The number of nitrogens with one attached hydrogen (secondary N) is 1. The van der Waals surface area contributed by atoms with Crippen molar-refractivity contribution in [1.82, 2.24) is 24.9 Å². The van der Waals surface area contributed by atoms with Crippen LogP contribution in [0.15, 0.2) is 12.4 Å². The summed E-state index contributed by atoms with van der Waals surface area (Å²) in [5.41, 5.74) is 1.49. The summed E-state index contributed by atoms with van der Waals surface area (Å²) in [4.78, 5) is 11.9. The van der Waals surface area contributed by atoms with Crippen molar-refractivity contribution in [2.75, 3.05) is 0 Å². The van der Waals surface area contributed by atoms with E-state index < -0.39 is 0 Å². The summed E-state index contributed by atoms with van der Waals surface area (Å²) in [6.07, 6.45) is 3.20. The Morgan fingerprint density at radius 3 is 2.75 bits per heavy atom. The van der Waals surface area contributed by atoms with Crippen LogP contribution in [-0.2, 0) is 24.4 Å². The molecule has 2 aromatic rings. The van der Waals surface area contributed by atoms with E-state index in [1.54, 1.807) is 24.0 Å². The van der Waals surface area contributed by atoms with Gasteiger partial charge in [-0.15, -0.1) is 0 Å². The summed E-state index contributed by atoms with van der Waals surface area (Å²) in [6, 6.07) is 0. The maximum Gasteiger partial charge on any atom is 0.242 e. The van der Waals surface area contributed by atoms with E-state index in [1.807, 2.05) is 6.92 Å². The minimum absolute atomic E-state index is 0.117. The number of carbonyl (C=O) groups is 1. The van der Waals surface area contributed by atoms with Crippen molar-refractivity contribution in [2.24, 2.45) is 0 Å². The Balaban J connectivity index is 1.93. The third-order valence-electron chi connectivity index (χ3n) is 2.84. The zero-order valence-corrected chi connectivity index (χ0v) is 12.7. The number of aryl methyl sites for hydroxylation is 2. The molecule has 2 aromatic heterocycles. The van der Waals surface area contributed by atoms with Crippen molar-refractivity contribution in [3.63, 3.8) is 0 Å². The van der Waals surface area contributed by atoms with E-state index in [0.29, 0.717) is 28.8 Å². The van der Waals surface area contributed by atoms with Gasteiger partial charge in [-0.1, -0.05) is 23.2 Å². The Hall–Kier alpha value is -1.53. The fraction of sp³-hybridized carbons (Fsp3) is 0.417. The molecule has 0 aromatic carbocycles. The Kier molecular flexibility index (Phi) is 4.67. The third kappa shape index (κ3) is 3.32. The van der Waals surface area contributed by atoms with E-state index in [-0.39, 0.29) is 12.5 Å². The number of nitrogens with zero attached hydrogens (tertiary/aromatic N) is 4. The van der Waals surface area contributed by atoms with E-state index >= 15 is 0 Å². The summed E-state index contributed by atoms with van der Waals surface area (Å²) in [5.74, 6) is -0.163. The zero-order valence-electron chi connectivity index (χ0n) is 11.2. The highest BCUT2D eigenvalue weighted by atomic mass is 35.5. The molecule has 6 nitrogen and oxygen atoms in total. The quantitative estimate of drug-likeness (QED) is 0.918. The van der Waals surface area contributed by atoms with E-state index in [0.717, 1.165) is 5.69 Å². The first-order chi connectivity index (χ1) is 9.51. The standard InChI is InChI=1S/C12H15Cl2N5O/c1-3-19-11(9(13)4-16-19)5-15-12(20)7-18-6-10(14)8(2)17-18/h4,6H,3,5,7H2,1-2H3,(H,15,20). The number of aromatic nitrogens is 4. The maximum atomic E-state index is 11.9. The van der Waals surface area contributed by atoms with Gasteiger partial charge < -0.3 is 5.32 Å². The van der Waals surface area contributed by atoms with E-state index in [1.165, 1.54) is 4.68 Å². The lowest BCUT2D eigenvalue weighted by molar-refractivity contribution is -0.122. The molecule has 8 heteroatoms. The lowest BCUT2D eigenvalue weighted by Gasteiger charge is -2.08. The van der Waals surface area contributed by atoms with E-state index in [2.05, 4.69) is 15.5 Å². The number of halogens is 2. The summed E-state index contributed by atoms with van der Waals surface area (Å²) in [7, 11) is 0. The molecule has 2 heterocycles. The van der Waals surface area contributed by atoms with Gasteiger partial charge in [0.25, 0.3) is 0 Å². The number of rotatable bonds is 5. The molecule has 108 valence electrons. The Labute approximate surface area is 126 Å². The number of amides is 1. The SMILES string of the molecule is CCn1ncc(Cl)c1CNC(=O)Cn1cc(Cl)c(C)n1. The molecule has 1 N–H and O–H groups in total. The van der Waals surface area contributed by atoms with Gasteiger partial charge in [-0.2, -0.15) is 10.2 Å². The van der Waals surface area contributed by atoms with Crippen LogP contribution >= 0.6 is 23.2 Å². The minimum Gasteiger partial charge on any atom is -0.349 e. The van der Waals surface area contributed by atoms with Gasteiger partial charge in [0.2, 0.25) is 5.91 Å². The van der Waals surface area contributed by atoms with Crippen LogP contribution in [0.3, 0.4) is 0 Å². The lowest BCUT2D eigenvalue weighted by atomic mass is 10.4. The molecular formula is C12H15Cl2N5O. The van der Waals surface area contributed by atoms with Gasteiger partial charge in [-0.3, -0.25) is 14.2 Å². The van der Waals surface area contributed by atoms with E-state index in [9.17, 15) is 4.79 Å². The number of hydrogen-bond acceptors (Lipinski definition) is 3. The maximum absolute atomic E-state index is 11.9. The fourth-order valence-corrected chi connectivity index (χ4v) is 2.15. The fourth-order valence-electron chi connectivity index (χ4n) is 1.80. The average molecular weight is 316 g/mol. The van der Waals surface area contributed by atoms with Crippen molar-refractivity contribution in [3.05, 3.63) is 33.8 Å². The van der Waals surface area contributed by atoms with Crippen molar-refractivity contribution < 1.29 is 4.79 Å². The van der Waals surface area contributed by atoms with Crippen molar-refractivity contribution in [3.8, 4) is 0 Å². The highest BCUT2D eigenvalue weighted by molar-refractivity contribution is 6.31. The largest absolute Gasteiger partial charge is 0.349 e. The van der Waals surface area contributed by atoms with Gasteiger partial charge in [0.15, 0.2) is 0 Å². The molecule has 1 amide bonds. The monoisotopic (exact) mass is 315 g/mol. The van der Waals surface area contributed by atoms with Crippen LogP contribution in [0.2, 0.25) is 10.0 Å². The molecule has 0 aliphatic rings. The van der Waals surface area contributed by atoms with Crippen molar-refractivity contribution in [2.45, 2.75) is 33.5 Å². The van der Waals surface area contributed by atoms with E-state index in [4.69, 9.17) is 23.2 Å². The van der Waals surface area contributed by atoms with Gasteiger partial charge in [0.1, 0.15) is 6.54 Å². The second-order valence-electron chi connectivity index (χ2n) is 4.29. The summed E-state index contributed by atoms with van der Waals surface area (Å²) in [6.45, 7) is 4.90. The molecule has 0 aliphatic heterocycles. The molecule has 0 bridgehead atoms. The van der Waals surface area contributed by atoms with Gasteiger partial charge >= 0.3 is 0 Å². The molecule has 0 spiro atoms. The molecule has 20 heavy (non-hydrogen) atoms. The first kappa shape index (κ1) is 14.9. The molecule has 0 saturated carbocycles. The van der Waals surface area contributed by atoms with Gasteiger partial charge in [-0.05, 0) is 13.8 Å². The second kappa shape index (κ2) is 6.28. The first-order valence-corrected chi connectivity index (χ1v) is 6.93. The molecule has 0 saturated heterocycles. The highest BCUT2D eigenvalue weighted by Gasteiger charge is 2.11. The van der Waals surface area contributed by atoms with Gasteiger partial charge in [0.05, 0.1) is 34.2 Å². The highest BCUT2D eigenvalue weighted by Crippen LogP contribution is 2.15. The third-order valence-corrected chi connectivity index (χ3v) is 3.53. The van der Waals surface area contributed by atoms with Crippen LogP contribution in [0.5, 0.6) is 0 Å².